The molecule has 2 aromatic carbocycles. The largest absolute Gasteiger partial charge is 0.497 e. The number of nitrogens with one attached hydrogen (secondary N) is 1. The predicted molar refractivity (Wildman–Crippen MR) is 90.9 cm³/mol. The molecule has 0 aliphatic rings. The van der Waals surface area contributed by atoms with Crippen LogP contribution in [0.5, 0.6) is 11.5 Å². The highest BCUT2D eigenvalue weighted by molar-refractivity contribution is 5.76. The van der Waals surface area contributed by atoms with Crippen molar-refractivity contribution >= 4 is 5.91 Å². The Labute approximate surface area is 137 Å². The highest BCUT2D eigenvalue weighted by atomic mass is 16.5. The second-order valence-electron chi connectivity index (χ2n) is 5.47. The Morgan fingerprint density at radius 2 is 1.70 bits per heavy atom. The van der Waals surface area contributed by atoms with E-state index < -0.39 is 0 Å². The maximum atomic E-state index is 11.8. The number of rotatable bonds is 7. The molecule has 0 bridgehead atoms. The van der Waals surface area contributed by atoms with E-state index in [1.165, 1.54) is 11.1 Å². The maximum absolute atomic E-state index is 11.8. The number of benzene rings is 2. The molecule has 0 radical (unpaired) electrons. The number of carbonyl (C=O) groups is 1. The van der Waals surface area contributed by atoms with Gasteiger partial charge in [0.15, 0.2) is 0 Å². The fourth-order valence-electron chi connectivity index (χ4n) is 2.10. The Morgan fingerprint density at radius 3 is 2.35 bits per heavy atom. The van der Waals surface area contributed by atoms with Gasteiger partial charge in [-0.3, -0.25) is 4.79 Å². The Hall–Kier alpha value is -2.49. The highest BCUT2D eigenvalue weighted by Crippen LogP contribution is 2.16. The molecule has 0 saturated carbocycles. The fraction of sp³-hybridized carbons (Fsp3) is 0.316. The van der Waals surface area contributed by atoms with Gasteiger partial charge in [-0.15, -0.1) is 0 Å². The van der Waals surface area contributed by atoms with Crippen LogP contribution in [0.25, 0.3) is 0 Å². The van der Waals surface area contributed by atoms with E-state index in [4.69, 9.17) is 9.47 Å². The van der Waals surface area contributed by atoms with E-state index in [9.17, 15) is 4.79 Å². The topological polar surface area (TPSA) is 47.6 Å². The summed E-state index contributed by atoms with van der Waals surface area (Å²) in [6, 6.07) is 13.6. The number of hydrogen-bond donors (Lipinski definition) is 1. The van der Waals surface area contributed by atoms with Crippen LogP contribution in [0.15, 0.2) is 42.5 Å². The summed E-state index contributed by atoms with van der Waals surface area (Å²) in [5.41, 5.74) is 3.45. The van der Waals surface area contributed by atoms with Crippen molar-refractivity contribution in [3.05, 3.63) is 59.2 Å². The smallest absolute Gasteiger partial charge is 0.223 e. The van der Waals surface area contributed by atoms with Crippen LogP contribution >= 0.6 is 0 Å². The van der Waals surface area contributed by atoms with E-state index in [-0.39, 0.29) is 5.91 Å². The molecule has 4 heteroatoms. The Bertz CT molecular complexity index is 650. The molecule has 1 N–H and O–H groups in total. The van der Waals surface area contributed by atoms with Gasteiger partial charge in [0.2, 0.25) is 5.91 Å². The standard InChI is InChI=1S/C19H23NO3/c1-14-4-7-18(12-15(14)2)23-11-10-19(21)20-13-16-5-8-17(22-3)9-6-16/h4-9,12H,10-11,13H2,1-3H3,(H,20,21). The molecule has 2 aromatic rings. The lowest BCUT2D eigenvalue weighted by Gasteiger charge is -2.09. The van der Waals surface area contributed by atoms with E-state index in [1.54, 1.807) is 7.11 Å². The molecule has 0 aliphatic heterocycles. The normalized spacial score (nSPS) is 10.2. The first-order valence-electron chi connectivity index (χ1n) is 7.68. The van der Waals surface area contributed by atoms with Crippen LogP contribution in [0.2, 0.25) is 0 Å². The Balaban J connectivity index is 1.71. The maximum Gasteiger partial charge on any atom is 0.223 e. The molecule has 4 nitrogen and oxygen atoms in total. The summed E-state index contributed by atoms with van der Waals surface area (Å²) in [5.74, 6) is 1.59. The predicted octanol–water partition coefficient (Wildman–Crippen LogP) is 3.40. The molecule has 122 valence electrons. The van der Waals surface area contributed by atoms with Crippen molar-refractivity contribution in [2.75, 3.05) is 13.7 Å². The van der Waals surface area contributed by atoms with Crippen LogP contribution in [0, 0.1) is 13.8 Å². The molecule has 0 atom stereocenters. The molecule has 0 fully saturated rings. The number of aryl methyl sites for hydroxylation is 2. The molecule has 23 heavy (non-hydrogen) atoms. The van der Waals surface area contributed by atoms with Crippen molar-refractivity contribution in [2.24, 2.45) is 0 Å². The Morgan fingerprint density at radius 1 is 1.00 bits per heavy atom. The zero-order valence-electron chi connectivity index (χ0n) is 13.9. The van der Waals surface area contributed by atoms with Crippen LogP contribution in [-0.4, -0.2) is 19.6 Å². The number of carbonyl (C=O) groups excluding carboxylic acids is 1. The summed E-state index contributed by atoms with van der Waals surface area (Å²) >= 11 is 0. The first-order valence-corrected chi connectivity index (χ1v) is 7.68. The lowest BCUT2D eigenvalue weighted by atomic mass is 10.1. The molecule has 0 aromatic heterocycles. The van der Waals surface area contributed by atoms with Crippen molar-refractivity contribution in [1.29, 1.82) is 0 Å². The minimum absolute atomic E-state index is 0.0235. The number of hydrogen-bond acceptors (Lipinski definition) is 3. The summed E-state index contributed by atoms with van der Waals surface area (Å²) in [6.45, 7) is 4.99. The van der Waals surface area contributed by atoms with Crippen LogP contribution in [0.1, 0.15) is 23.1 Å². The molecular formula is C19H23NO3. The average Bonchev–Trinajstić information content (AvgIpc) is 2.56. The molecule has 2 rings (SSSR count). The van der Waals surface area contributed by atoms with Gasteiger partial charge in [-0.1, -0.05) is 18.2 Å². The van der Waals surface area contributed by atoms with E-state index in [2.05, 4.69) is 12.2 Å². The van der Waals surface area contributed by atoms with Crippen molar-refractivity contribution in [1.82, 2.24) is 5.32 Å². The summed E-state index contributed by atoms with van der Waals surface area (Å²) in [6.07, 6.45) is 0.336. The third-order valence-corrected chi connectivity index (χ3v) is 3.72. The lowest BCUT2D eigenvalue weighted by Crippen LogP contribution is -2.24. The zero-order valence-corrected chi connectivity index (χ0v) is 13.9. The van der Waals surface area contributed by atoms with E-state index >= 15 is 0 Å². The molecule has 0 aliphatic carbocycles. The van der Waals surface area contributed by atoms with Gasteiger partial charge in [-0.25, -0.2) is 0 Å². The monoisotopic (exact) mass is 313 g/mol. The summed E-state index contributed by atoms with van der Waals surface area (Å²) in [5, 5.41) is 2.88. The first kappa shape index (κ1) is 16.9. The molecule has 0 saturated heterocycles. The molecular weight excluding hydrogens is 290 g/mol. The highest BCUT2D eigenvalue weighted by Gasteiger charge is 2.03. The van der Waals surface area contributed by atoms with E-state index in [0.29, 0.717) is 19.6 Å². The van der Waals surface area contributed by atoms with Gasteiger partial charge in [0.25, 0.3) is 0 Å². The molecule has 0 heterocycles. The second-order valence-corrected chi connectivity index (χ2v) is 5.47. The summed E-state index contributed by atoms with van der Waals surface area (Å²) in [4.78, 5) is 11.8. The Kier molecular flexibility index (Phi) is 6.03. The zero-order chi connectivity index (χ0) is 16.7. The minimum atomic E-state index is -0.0235. The third-order valence-electron chi connectivity index (χ3n) is 3.72. The number of methoxy groups -OCH3 is 1. The van der Waals surface area contributed by atoms with Gasteiger partial charge in [-0.05, 0) is 54.8 Å². The van der Waals surface area contributed by atoms with Crippen LogP contribution < -0.4 is 14.8 Å². The third kappa shape index (κ3) is 5.33. The molecule has 0 spiro atoms. The first-order chi connectivity index (χ1) is 11.1. The summed E-state index contributed by atoms with van der Waals surface area (Å²) < 4.78 is 10.7. The number of ether oxygens (including phenoxy) is 2. The van der Waals surface area contributed by atoms with Crippen molar-refractivity contribution < 1.29 is 14.3 Å². The van der Waals surface area contributed by atoms with Gasteiger partial charge < -0.3 is 14.8 Å². The second kappa shape index (κ2) is 8.22. The fourth-order valence-corrected chi connectivity index (χ4v) is 2.10. The number of amides is 1. The van der Waals surface area contributed by atoms with Crippen LogP contribution in [-0.2, 0) is 11.3 Å². The van der Waals surface area contributed by atoms with Gasteiger partial charge in [-0.2, -0.15) is 0 Å². The van der Waals surface area contributed by atoms with E-state index in [1.807, 2.05) is 49.4 Å². The van der Waals surface area contributed by atoms with Gasteiger partial charge in [0, 0.05) is 6.54 Å². The van der Waals surface area contributed by atoms with Crippen molar-refractivity contribution in [3.63, 3.8) is 0 Å². The van der Waals surface area contributed by atoms with E-state index in [0.717, 1.165) is 17.1 Å². The van der Waals surface area contributed by atoms with Gasteiger partial charge >= 0.3 is 0 Å². The van der Waals surface area contributed by atoms with Crippen LogP contribution in [0.4, 0.5) is 0 Å². The van der Waals surface area contributed by atoms with Crippen LogP contribution in [0.3, 0.4) is 0 Å². The lowest BCUT2D eigenvalue weighted by molar-refractivity contribution is -0.121. The van der Waals surface area contributed by atoms with Crippen molar-refractivity contribution in [2.45, 2.75) is 26.8 Å². The van der Waals surface area contributed by atoms with Crippen molar-refractivity contribution in [3.8, 4) is 11.5 Å². The average molecular weight is 313 g/mol. The van der Waals surface area contributed by atoms with Gasteiger partial charge in [0.05, 0.1) is 20.1 Å². The van der Waals surface area contributed by atoms with Gasteiger partial charge in [0.1, 0.15) is 11.5 Å². The minimum Gasteiger partial charge on any atom is -0.497 e. The quantitative estimate of drug-likeness (QED) is 0.852. The molecule has 1 amide bonds. The SMILES string of the molecule is COc1ccc(CNC(=O)CCOc2ccc(C)c(C)c2)cc1. The summed E-state index contributed by atoms with van der Waals surface area (Å²) in [7, 11) is 1.63. The molecule has 0 unspecified atom stereocenters.